The smallest absolute Gasteiger partial charge is 0.115 e. The van der Waals surface area contributed by atoms with Crippen LogP contribution in [0.1, 0.15) is 5.69 Å². The molecule has 2 aromatic heterocycles. The van der Waals surface area contributed by atoms with Crippen LogP contribution >= 0.6 is 15.9 Å². The highest BCUT2D eigenvalue weighted by atomic mass is 79.9. The minimum absolute atomic E-state index is 0.582. The highest BCUT2D eigenvalue weighted by Crippen LogP contribution is 2.30. The lowest BCUT2D eigenvalue weighted by atomic mass is 10.1. The van der Waals surface area contributed by atoms with Crippen LogP contribution in [0.4, 0.5) is 11.4 Å². The van der Waals surface area contributed by atoms with Crippen molar-refractivity contribution < 1.29 is 0 Å². The van der Waals surface area contributed by atoms with Crippen LogP contribution in [0.5, 0.6) is 0 Å². The predicted molar refractivity (Wildman–Crippen MR) is 83.2 cm³/mol. The molecule has 100 valence electrons. The summed E-state index contributed by atoms with van der Waals surface area (Å²) in [5.74, 6) is 0. The number of hydrogen-bond acceptors (Lipinski definition) is 5. The molecule has 1 aromatic carbocycles. The fraction of sp³-hybridized carbons (Fsp3) is 0.0714. The van der Waals surface area contributed by atoms with Crippen LogP contribution in [0.25, 0.3) is 10.9 Å². The van der Waals surface area contributed by atoms with Crippen LogP contribution in [0.3, 0.4) is 0 Å². The van der Waals surface area contributed by atoms with Crippen LogP contribution in [-0.4, -0.2) is 15.0 Å². The number of anilines is 2. The monoisotopic (exact) mass is 329 g/mol. The molecule has 0 amide bonds. The van der Waals surface area contributed by atoms with Gasteiger partial charge in [0.15, 0.2) is 0 Å². The van der Waals surface area contributed by atoms with E-state index in [-0.39, 0.29) is 0 Å². The molecule has 3 aromatic rings. The molecule has 0 saturated carbocycles. The highest BCUT2D eigenvalue weighted by molar-refractivity contribution is 9.10. The van der Waals surface area contributed by atoms with E-state index in [4.69, 9.17) is 5.73 Å². The minimum atomic E-state index is 0.582. The number of nitrogen functional groups attached to an aromatic ring is 1. The first-order valence-corrected chi connectivity index (χ1v) is 6.86. The normalized spacial score (nSPS) is 10.7. The maximum absolute atomic E-state index is 6.03. The Morgan fingerprint density at radius 1 is 1.20 bits per heavy atom. The van der Waals surface area contributed by atoms with E-state index in [0.717, 1.165) is 26.8 Å². The van der Waals surface area contributed by atoms with Crippen molar-refractivity contribution in [2.45, 2.75) is 6.54 Å². The van der Waals surface area contributed by atoms with Gasteiger partial charge in [-0.25, -0.2) is 9.97 Å². The summed E-state index contributed by atoms with van der Waals surface area (Å²) in [6.07, 6.45) is 4.91. The molecule has 3 rings (SSSR count). The summed E-state index contributed by atoms with van der Waals surface area (Å²) in [5.41, 5.74) is 9.31. The number of benzene rings is 1. The summed E-state index contributed by atoms with van der Waals surface area (Å²) >= 11 is 3.47. The second kappa shape index (κ2) is 5.42. The van der Waals surface area contributed by atoms with Gasteiger partial charge in [0.2, 0.25) is 0 Å². The molecule has 0 aliphatic carbocycles. The molecule has 3 N–H and O–H groups in total. The molecule has 0 radical (unpaired) electrons. The Morgan fingerprint density at radius 2 is 2.10 bits per heavy atom. The summed E-state index contributed by atoms with van der Waals surface area (Å²) in [6.45, 7) is 0.582. The van der Waals surface area contributed by atoms with E-state index in [2.05, 4.69) is 36.2 Å². The number of nitrogens with two attached hydrogens (primary N) is 1. The van der Waals surface area contributed by atoms with Crippen LogP contribution in [0, 0.1) is 0 Å². The van der Waals surface area contributed by atoms with Crippen molar-refractivity contribution in [1.82, 2.24) is 15.0 Å². The second-order valence-electron chi connectivity index (χ2n) is 4.30. The molecule has 0 aliphatic rings. The van der Waals surface area contributed by atoms with Gasteiger partial charge in [-0.1, -0.05) is 15.9 Å². The lowest BCUT2D eigenvalue weighted by molar-refractivity contribution is 1.01. The van der Waals surface area contributed by atoms with Gasteiger partial charge in [-0.3, -0.25) is 4.98 Å². The Hall–Kier alpha value is -2.21. The van der Waals surface area contributed by atoms with Gasteiger partial charge in [0.05, 0.1) is 35.3 Å². The number of fused-ring (bicyclic) bond motifs is 1. The van der Waals surface area contributed by atoms with Gasteiger partial charge < -0.3 is 11.1 Å². The predicted octanol–water partition coefficient (Wildman–Crippen LogP) is 2.98. The quantitative estimate of drug-likeness (QED) is 0.772. The summed E-state index contributed by atoms with van der Waals surface area (Å²) < 4.78 is 0.988. The zero-order valence-corrected chi connectivity index (χ0v) is 12.1. The molecule has 5 nitrogen and oxygen atoms in total. The molecule has 0 fully saturated rings. The van der Waals surface area contributed by atoms with Crippen molar-refractivity contribution in [3.63, 3.8) is 0 Å². The van der Waals surface area contributed by atoms with Gasteiger partial charge in [-0.2, -0.15) is 0 Å². The van der Waals surface area contributed by atoms with Crippen molar-refractivity contribution in [3.8, 4) is 0 Å². The number of pyridine rings is 1. The maximum atomic E-state index is 6.03. The van der Waals surface area contributed by atoms with E-state index >= 15 is 0 Å². The molecule has 0 bridgehead atoms. The lowest BCUT2D eigenvalue weighted by Gasteiger charge is -2.12. The van der Waals surface area contributed by atoms with E-state index in [9.17, 15) is 0 Å². The van der Waals surface area contributed by atoms with Gasteiger partial charge in [0.25, 0.3) is 0 Å². The topological polar surface area (TPSA) is 76.7 Å². The third-order valence-electron chi connectivity index (χ3n) is 2.95. The number of halogens is 1. The largest absolute Gasteiger partial charge is 0.396 e. The SMILES string of the molecule is Nc1cnc2ccc(Br)cc2c1NCc1ccncn1. The molecule has 2 heterocycles. The first-order chi connectivity index (χ1) is 9.74. The van der Waals surface area contributed by atoms with Gasteiger partial charge >= 0.3 is 0 Å². The summed E-state index contributed by atoms with van der Waals surface area (Å²) in [5, 5.41) is 4.30. The van der Waals surface area contributed by atoms with Crippen molar-refractivity contribution in [1.29, 1.82) is 0 Å². The van der Waals surface area contributed by atoms with Crippen molar-refractivity contribution >= 4 is 38.2 Å². The highest BCUT2D eigenvalue weighted by Gasteiger charge is 2.07. The molecule has 20 heavy (non-hydrogen) atoms. The molecular formula is C14H12BrN5. The molecule has 0 aliphatic heterocycles. The maximum Gasteiger partial charge on any atom is 0.115 e. The van der Waals surface area contributed by atoms with E-state index < -0.39 is 0 Å². The Morgan fingerprint density at radius 3 is 2.90 bits per heavy atom. The molecular weight excluding hydrogens is 318 g/mol. The van der Waals surface area contributed by atoms with E-state index in [0.29, 0.717) is 12.2 Å². The molecule has 0 spiro atoms. The van der Waals surface area contributed by atoms with Gasteiger partial charge in [-0.15, -0.1) is 0 Å². The summed E-state index contributed by atoms with van der Waals surface area (Å²) in [4.78, 5) is 12.4. The van der Waals surface area contributed by atoms with Crippen molar-refractivity contribution in [3.05, 3.63) is 53.2 Å². The van der Waals surface area contributed by atoms with E-state index in [1.165, 1.54) is 6.33 Å². The Labute approximate surface area is 124 Å². The Balaban J connectivity index is 1.97. The average Bonchev–Trinajstić information content (AvgIpc) is 2.47. The van der Waals surface area contributed by atoms with Gasteiger partial charge in [-0.05, 0) is 24.3 Å². The van der Waals surface area contributed by atoms with Gasteiger partial charge in [0, 0.05) is 16.1 Å². The van der Waals surface area contributed by atoms with E-state index in [1.54, 1.807) is 12.4 Å². The molecule has 0 unspecified atom stereocenters. The van der Waals surface area contributed by atoms with Crippen molar-refractivity contribution in [2.24, 2.45) is 0 Å². The number of hydrogen-bond donors (Lipinski definition) is 2. The van der Waals surface area contributed by atoms with Crippen LogP contribution in [-0.2, 0) is 6.54 Å². The van der Waals surface area contributed by atoms with E-state index in [1.807, 2.05) is 24.3 Å². The molecule has 6 heteroatoms. The minimum Gasteiger partial charge on any atom is -0.396 e. The molecule has 0 atom stereocenters. The number of nitrogens with one attached hydrogen (secondary N) is 1. The number of rotatable bonds is 3. The fourth-order valence-electron chi connectivity index (χ4n) is 1.98. The zero-order chi connectivity index (χ0) is 13.9. The third kappa shape index (κ3) is 2.55. The van der Waals surface area contributed by atoms with Crippen LogP contribution < -0.4 is 11.1 Å². The number of aromatic nitrogens is 3. The second-order valence-corrected chi connectivity index (χ2v) is 5.22. The van der Waals surface area contributed by atoms with Crippen molar-refractivity contribution in [2.75, 3.05) is 11.1 Å². The fourth-order valence-corrected chi connectivity index (χ4v) is 2.34. The lowest BCUT2D eigenvalue weighted by Crippen LogP contribution is -2.05. The Bertz CT molecular complexity index is 740. The van der Waals surface area contributed by atoms with Crippen LogP contribution in [0.15, 0.2) is 47.5 Å². The summed E-state index contributed by atoms with van der Waals surface area (Å²) in [7, 11) is 0. The standard InChI is InChI=1S/C14H12BrN5/c15-9-1-2-13-11(5-9)14(12(16)7-18-13)19-6-10-3-4-17-8-20-10/h1-5,7-8H,6,16H2,(H,18,19). The first kappa shape index (κ1) is 12.8. The third-order valence-corrected chi connectivity index (χ3v) is 3.44. The van der Waals surface area contributed by atoms with Gasteiger partial charge in [0.1, 0.15) is 6.33 Å². The summed E-state index contributed by atoms with van der Waals surface area (Å²) in [6, 6.07) is 7.78. The molecule has 0 saturated heterocycles. The first-order valence-electron chi connectivity index (χ1n) is 6.06. The van der Waals surface area contributed by atoms with Crippen LogP contribution in [0.2, 0.25) is 0 Å². The number of nitrogens with zero attached hydrogens (tertiary/aromatic N) is 3. The Kier molecular flexibility index (Phi) is 3.47. The zero-order valence-electron chi connectivity index (χ0n) is 10.5. The average molecular weight is 330 g/mol.